The molecule has 4 rings (SSSR count). The zero-order valence-electron chi connectivity index (χ0n) is 15.7. The maximum Gasteiger partial charge on any atom is 0.116 e. The van der Waals surface area contributed by atoms with Crippen molar-refractivity contribution in [3.05, 3.63) is 72.3 Å². The number of nitrogens with zero attached hydrogens (tertiary/aromatic N) is 4. The summed E-state index contributed by atoms with van der Waals surface area (Å²) in [6, 6.07) is 14.7. The summed E-state index contributed by atoms with van der Waals surface area (Å²) in [5.41, 5.74) is 4.65. The van der Waals surface area contributed by atoms with Gasteiger partial charge in [0.05, 0.1) is 17.2 Å². The van der Waals surface area contributed by atoms with E-state index in [9.17, 15) is 0 Å². The summed E-state index contributed by atoms with van der Waals surface area (Å²) in [5, 5.41) is 10.2. The normalized spacial score (nSPS) is 11.0. The van der Waals surface area contributed by atoms with Gasteiger partial charge in [-0.1, -0.05) is 52.0 Å². The van der Waals surface area contributed by atoms with Crippen LogP contribution in [-0.2, 0) is 0 Å². The molecule has 26 heavy (non-hydrogen) atoms. The Kier molecular flexibility index (Phi) is 5.52. The molecule has 0 aliphatic carbocycles. The molecule has 0 amide bonds. The SMILES string of the molecule is CC(C)c1ccc2ccnnc2c1.CC(C)c1ccc2cncnc2c1. The minimum atomic E-state index is 0.548. The number of aromatic nitrogens is 4. The first-order valence-corrected chi connectivity index (χ1v) is 8.95. The molecule has 0 atom stereocenters. The summed E-state index contributed by atoms with van der Waals surface area (Å²) in [4.78, 5) is 8.19. The van der Waals surface area contributed by atoms with Gasteiger partial charge in [-0.25, -0.2) is 9.97 Å². The number of hydrogen-bond donors (Lipinski definition) is 0. The van der Waals surface area contributed by atoms with Crippen LogP contribution in [0.5, 0.6) is 0 Å². The molecule has 2 aromatic heterocycles. The quantitative estimate of drug-likeness (QED) is 0.481. The molecule has 0 bridgehead atoms. The molecule has 132 valence electrons. The summed E-state index contributed by atoms with van der Waals surface area (Å²) in [7, 11) is 0. The van der Waals surface area contributed by atoms with Crippen LogP contribution in [0.25, 0.3) is 21.8 Å². The third-order valence-corrected chi connectivity index (χ3v) is 4.41. The lowest BCUT2D eigenvalue weighted by atomic mass is 10.0. The van der Waals surface area contributed by atoms with Gasteiger partial charge in [-0.3, -0.25) is 0 Å². The molecule has 0 radical (unpaired) electrons. The van der Waals surface area contributed by atoms with Gasteiger partial charge in [-0.2, -0.15) is 10.2 Å². The summed E-state index contributed by atoms with van der Waals surface area (Å²) in [6.45, 7) is 8.72. The summed E-state index contributed by atoms with van der Waals surface area (Å²) >= 11 is 0. The number of rotatable bonds is 2. The van der Waals surface area contributed by atoms with E-state index in [1.165, 1.54) is 11.1 Å². The minimum absolute atomic E-state index is 0.548. The predicted molar refractivity (Wildman–Crippen MR) is 107 cm³/mol. The van der Waals surface area contributed by atoms with Gasteiger partial charge in [0.15, 0.2) is 0 Å². The Balaban J connectivity index is 0.000000151. The lowest BCUT2D eigenvalue weighted by Gasteiger charge is -2.05. The summed E-state index contributed by atoms with van der Waals surface area (Å²) in [6.07, 6.45) is 5.15. The van der Waals surface area contributed by atoms with Crippen LogP contribution >= 0.6 is 0 Å². The smallest absolute Gasteiger partial charge is 0.116 e. The second kappa shape index (κ2) is 8.00. The Morgan fingerprint density at radius 1 is 0.731 bits per heavy atom. The molecule has 4 heteroatoms. The molecular weight excluding hydrogens is 320 g/mol. The molecule has 4 aromatic rings. The van der Waals surface area contributed by atoms with E-state index in [2.05, 4.69) is 84.3 Å². The number of fused-ring (bicyclic) bond motifs is 2. The third kappa shape index (κ3) is 4.20. The van der Waals surface area contributed by atoms with Crippen molar-refractivity contribution < 1.29 is 0 Å². The van der Waals surface area contributed by atoms with Crippen molar-refractivity contribution in [1.29, 1.82) is 0 Å². The van der Waals surface area contributed by atoms with E-state index < -0.39 is 0 Å². The topological polar surface area (TPSA) is 51.6 Å². The molecule has 0 aliphatic rings. The van der Waals surface area contributed by atoms with Gasteiger partial charge in [0.1, 0.15) is 6.33 Å². The van der Waals surface area contributed by atoms with E-state index >= 15 is 0 Å². The van der Waals surface area contributed by atoms with Crippen LogP contribution in [0.1, 0.15) is 50.7 Å². The van der Waals surface area contributed by atoms with Gasteiger partial charge < -0.3 is 0 Å². The third-order valence-electron chi connectivity index (χ3n) is 4.41. The first-order chi connectivity index (χ1) is 12.5. The second-order valence-electron chi connectivity index (χ2n) is 7.00. The lowest BCUT2D eigenvalue weighted by Crippen LogP contribution is -1.89. The van der Waals surface area contributed by atoms with E-state index in [-0.39, 0.29) is 0 Å². The van der Waals surface area contributed by atoms with Gasteiger partial charge in [0.25, 0.3) is 0 Å². The van der Waals surface area contributed by atoms with Crippen molar-refractivity contribution in [1.82, 2.24) is 20.2 Å². The monoisotopic (exact) mass is 344 g/mol. The van der Waals surface area contributed by atoms with Gasteiger partial charge in [0, 0.05) is 17.0 Å². The molecule has 0 fully saturated rings. The Labute approximate surface area is 154 Å². The van der Waals surface area contributed by atoms with Crippen LogP contribution in [0.2, 0.25) is 0 Å². The van der Waals surface area contributed by atoms with Crippen molar-refractivity contribution in [3.8, 4) is 0 Å². The first kappa shape index (κ1) is 17.9. The Morgan fingerprint density at radius 3 is 2.08 bits per heavy atom. The fourth-order valence-corrected chi connectivity index (χ4v) is 2.71. The number of benzene rings is 2. The van der Waals surface area contributed by atoms with E-state index in [0.717, 1.165) is 21.8 Å². The molecule has 0 aliphatic heterocycles. The first-order valence-electron chi connectivity index (χ1n) is 8.95. The molecule has 0 saturated carbocycles. The van der Waals surface area contributed by atoms with Crippen molar-refractivity contribution in [2.24, 2.45) is 0 Å². The standard InChI is InChI=1S/2C11H12N2/c1-8(2)9-3-4-10-6-12-7-13-11(10)5-9;1-8(2)10-4-3-9-5-6-12-13-11(9)7-10/h2*3-8H,1-2H3. The van der Waals surface area contributed by atoms with Crippen molar-refractivity contribution in [3.63, 3.8) is 0 Å². The highest BCUT2D eigenvalue weighted by Crippen LogP contribution is 2.19. The molecule has 2 aromatic carbocycles. The van der Waals surface area contributed by atoms with Crippen LogP contribution in [0.4, 0.5) is 0 Å². The Hall–Kier alpha value is -2.88. The fraction of sp³-hybridized carbons (Fsp3) is 0.273. The highest BCUT2D eigenvalue weighted by molar-refractivity contribution is 5.78. The molecule has 0 spiro atoms. The van der Waals surface area contributed by atoms with Gasteiger partial charge in [-0.05, 0) is 41.2 Å². The predicted octanol–water partition coefficient (Wildman–Crippen LogP) is 5.51. The van der Waals surface area contributed by atoms with Gasteiger partial charge in [0.2, 0.25) is 0 Å². The molecule has 0 N–H and O–H groups in total. The van der Waals surface area contributed by atoms with E-state index in [1.807, 2.05) is 12.3 Å². The molecule has 2 heterocycles. The molecule has 0 saturated heterocycles. The van der Waals surface area contributed by atoms with Gasteiger partial charge in [-0.15, -0.1) is 0 Å². The highest BCUT2D eigenvalue weighted by atomic mass is 15.1. The van der Waals surface area contributed by atoms with Gasteiger partial charge >= 0.3 is 0 Å². The average molecular weight is 344 g/mol. The molecule has 4 nitrogen and oxygen atoms in total. The maximum atomic E-state index is 4.21. The zero-order valence-corrected chi connectivity index (χ0v) is 15.7. The van der Waals surface area contributed by atoms with E-state index in [1.54, 1.807) is 12.5 Å². The average Bonchev–Trinajstić information content (AvgIpc) is 2.67. The summed E-state index contributed by atoms with van der Waals surface area (Å²) in [5.74, 6) is 1.10. The minimum Gasteiger partial charge on any atom is -0.244 e. The van der Waals surface area contributed by atoms with Crippen LogP contribution in [0.15, 0.2) is 61.2 Å². The molecule has 0 unspecified atom stereocenters. The maximum absolute atomic E-state index is 4.21. The zero-order chi connectivity index (χ0) is 18.5. The number of hydrogen-bond acceptors (Lipinski definition) is 4. The van der Waals surface area contributed by atoms with Crippen LogP contribution in [-0.4, -0.2) is 20.2 Å². The van der Waals surface area contributed by atoms with Crippen molar-refractivity contribution >= 4 is 21.8 Å². The van der Waals surface area contributed by atoms with E-state index in [4.69, 9.17) is 0 Å². The van der Waals surface area contributed by atoms with Crippen molar-refractivity contribution in [2.45, 2.75) is 39.5 Å². The lowest BCUT2D eigenvalue weighted by molar-refractivity contribution is 0.867. The second-order valence-corrected chi connectivity index (χ2v) is 7.00. The Morgan fingerprint density at radius 2 is 1.38 bits per heavy atom. The van der Waals surface area contributed by atoms with Crippen molar-refractivity contribution in [2.75, 3.05) is 0 Å². The molecular formula is C22H24N4. The highest BCUT2D eigenvalue weighted by Gasteiger charge is 2.01. The van der Waals surface area contributed by atoms with Crippen LogP contribution in [0, 0.1) is 0 Å². The van der Waals surface area contributed by atoms with E-state index in [0.29, 0.717) is 11.8 Å². The largest absolute Gasteiger partial charge is 0.244 e. The Bertz CT molecular complexity index is 925. The fourth-order valence-electron chi connectivity index (χ4n) is 2.71. The van der Waals surface area contributed by atoms with Crippen LogP contribution < -0.4 is 0 Å². The van der Waals surface area contributed by atoms with Crippen LogP contribution in [0.3, 0.4) is 0 Å². The summed E-state index contributed by atoms with van der Waals surface area (Å²) < 4.78 is 0.